The lowest BCUT2D eigenvalue weighted by molar-refractivity contribution is 0.0219. The van der Waals surface area contributed by atoms with Gasteiger partial charge in [0.25, 0.3) is 10.1 Å². The third-order valence-corrected chi connectivity index (χ3v) is 4.56. The zero-order valence-electron chi connectivity index (χ0n) is 13.0. The van der Waals surface area contributed by atoms with Crippen LogP contribution in [0.15, 0.2) is 24.3 Å². The fraction of sp³-hybridized carbons (Fsp3) is 0.571. The molecule has 23 heavy (non-hydrogen) atoms. The van der Waals surface area contributed by atoms with Gasteiger partial charge in [0.1, 0.15) is 5.75 Å². The molecule has 1 aliphatic heterocycles. The van der Waals surface area contributed by atoms with Gasteiger partial charge in [-0.1, -0.05) is 12.1 Å². The van der Waals surface area contributed by atoms with E-state index >= 15 is 0 Å². The van der Waals surface area contributed by atoms with Crippen LogP contribution in [0, 0.1) is 5.92 Å². The van der Waals surface area contributed by atoms with Gasteiger partial charge in [0.05, 0.1) is 25.7 Å². The third kappa shape index (κ3) is 6.09. The summed E-state index contributed by atoms with van der Waals surface area (Å²) in [6.45, 7) is 0.967. The Balaban J connectivity index is 2.18. The van der Waals surface area contributed by atoms with Gasteiger partial charge in [0, 0.05) is 12.5 Å². The van der Waals surface area contributed by atoms with Crippen molar-refractivity contribution in [2.45, 2.75) is 12.3 Å². The van der Waals surface area contributed by atoms with Crippen molar-refractivity contribution in [2.75, 3.05) is 32.3 Å². The van der Waals surface area contributed by atoms with Crippen molar-refractivity contribution in [3.63, 3.8) is 0 Å². The van der Waals surface area contributed by atoms with E-state index in [-0.39, 0.29) is 24.2 Å². The molecular weight excluding hydrogens is 344 g/mol. The summed E-state index contributed by atoms with van der Waals surface area (Å²) >= 11 is 0. The maximum absolute atomic E-state index is 11.2. The largest absolute Gasteiger partial charge is 0.383 e. The molecule has 0 N–H and O–H groups in total. The van der Waals surface area contributed by atoms with E-state index in [0.717, 1.165) is 18.1 Å². The first kappa shape index (κ1) is 18.2. The fourth-order valence-electron chi connectivity index (χ4n) is 2.58. The molecule has 130 valence electrons. The Kier molecular flexibility index (Phi) is 5.66. The second-order valence-electron chi connectivity index (χ2n) is 5.58. The molecule has 1 aromatic carbocycles. The molecule has 0 spiro atoms. The normalized spacial score (nSPS) is 22.7. The van der Waals surface area contributed by atoms with Gasteiger partial charge < -0.3 is 8.92 Å². The first-order valence-corrected chi connectivity index (χ1v) is 10.7. The van der Waals surface area contributed by atoms with Gasteiger partial charge in [-0.15, -0.1) is 0 Å². The van der Waals surface area contributed by atoms with Crippen LogP contribution >= 0.6 is 0 Å². The zero-order chi connectivity index (χ0) is 17.1. The maximum atomic E-state index is 11.2. The summed E-state index contributed by atoms with van der Waals surface area (Å²) in [5.41, 5.74) is 0.872. The molecule has 9 heteroatoms. The highest BCUT2D eigenvalue weighted by Gasteiger charge is 2.29. The first-order chi connectivity index (χ1) is 10.6. The highest BCUT2D eigenvalue weighted by atomic mass is 32.2. The molecule has 0 unspecified atom stereocenters. The Labute approximate surface area is 136 Å². The predicted molar refractivity (Wildman–Crippen MR) is 84.4 cm³/mol. The van der Waals surface area contributed by atoms with E-state index in [9.17, 15) is 16.8 Å². The van der Waals surface area contributed by atoms with Crippen LogP contribution < -0.4 is 4.18 Å². The van der Waals surface area contributed by atoms with Crippen LogP contribution in [0.25, 0.3) is 0 Å². The molecule has 7 nitrogen and oxygen atoms in total. The molecule has 1 saturated heterocycles. The van der Waals surface area contributed by atoms with E-state index in [1.807, 2.05) is 6.07 Å². The summed E-state index contributed by atoms with van der Waals surface area (Å²) in [5, 5.41) is 0. The van der Waals surface area contributed by atoms with Crippen LogP contribution in [-0.4, -0.2) is 49.2 Å². The number of hydrogen-bond donors (Lipinski definition) is 0. The summed E-state index contributed by atoms with van der Waals surface area (Å²) in [6.07, 6.45) is 2.68. The minimum atomic E-state index is -3.60. The van der Waals surface area contributed by atoms with Crippen LogP contribution in [0.2, 0.25) is 0 Å². The number of rotatable bonds is 6. The predicted octanol–water partition coefficient (Wildman–Crippen LogP) is 1.12. The van der Waals surface area contributed by atoms with E-state index in [2.05, 4.69) is 0 Å². The molecule has 0 radical (unpaired) electrons. The molecule has 1 aliphatic rings. The smallest absolute Gasteiger partial charge is 0.306 e. The lowest BCUT2D eigenvalue weighted by Gasteiger charge is -2.31. The Morgan fingerprint density at radius 2 is 1.91 bits per heavy atom. The molecule has 0 aromatic heterocycles. The average Bonchev–Trinajstić information content (AvgIpc) is 2.43. The molecular formula is C14H20O7S2. The van der Waals surface area contributed by atoms with E-state index in [1.165, 1.54) is 0 Å². The summed E-state index contributed by atoms with van der Waals surface area (Å²) in [5.74, 6) is 0.111. The van der Waals surface area contributed by atoms with Gasteiger partial charge in [-0.25, -0.2) is 0 Å². The van der Waals surface area contributed by atoms with Gasteiger partial charge in [-0.05, 0) is 30.0 Å². The van der Waals surface area contributed by atoms with Crippen molar-refractivity contribution < 1.29 is 29.9 Å². The van der Waals surface area contributed by atoms with Crippen molar-refractivity contribution >= 4 is 20.2 Å². The van der Waals surface area contributed by atoms with Gasteiger partial charge in [0.2, 0.25) is 0 Å². The van der Waals surface area contributed by atoms with Crippen molar-refractivity contribution in [1.82, 2.24) is 0 Å². The van der Waals surface area contributed by atoms with Crippen molar-refractivity contribution in [3.8, 4) is 5.75 Å². The lowest BCUT2D eigenvalue weighted by Crippen LogP contribution is -2.30. The number of hydrogen-bond acceptors (Lipinski definition) is 7. The Morgan fingerprint density at radius 3 is 2.57 bits per heavy atom. The summed E-state index contributed by atoms with van der Waals surface area (Å²) in [7, 11) is -7.12. The minimum Gasteiger partial charge on any atom is -0.383 e. The highest BCUT2D eigenvalue weighted by molar-refractivity contribution is 7.86. The van der Waals surface area contributed by atoms with Gasteiger partial charge in [0.15, 0.2) is 0 Å². The van der Waals surface area contributed by atoms with Gasteiger partial charge >= 0.3 is 10.1 Å². The quantitative estimate of drug-likeness (QED) is 0.698. The van der Waals surface area contributed by atoms with Crippen molar-refractivity contribution in [1.29, 1.82) is 0 Å². The molecule has 0 aliphatic carbocycles. The molecule has 1 fully saturated rings. The first-order valence-electron chi connectivity index (χ1n) is 7.05. The number of benzene rings is 1. The van der Waals surface area contributed by atoms with E-state index in [1.54, 1.807) is 18.2 Å². The maximum Gasteiger partial charge on any atom is 0.306 e. The fourth-order valence-corrected chi connectivity index (χ4v) is 3.46. The van der Waals surface area contributed by atoms with Crippen molar-refractivity contribution in [3.05, 3.63) is 29.8 Å². The molecule has 0 bridgehead atoms. The molecule has 0 amide bonds. The molecule has 2 rings (SSSR count). The van der Waals surface area contributed by atoms with Crippen LogP contribution in [0.3, 0.4) is 0 Å². The van der Waals surface area contributed by atoms with E-state index in [0.29, 0.717) is 19.6 Å². The minimum absolute atomic E-state index is 0.00797. The molecule has 1 heterocycles. The van der Waals surface area contributed by atoms with Crippen LogP contribution in [0.4, 0.5) is 0 Å². The Bertz CT molecular complexity index is 740. The van der Waals surface area contributed by atoms with Crippen molar-refractivity contribution in [2.24, 2.45) is 5.92 Å². The second-order valence-corrected chi connectivity index (χ2v) is 8.80. The standard InChI is InChI=1S/C14H20O7S2/c1-22(15,16)20-10-12-9-19-7-6-14(12)11-4-3-5-13(8-11)21-23(2,17)18/h3-5,8,12,14H,6-7,9-10H2,1-2H3/t12-,14+/m0/s1. The lowest BCUT2D eigenvalue weighted by atomic mass is 9.83. The summed E-state index contributed by atoms with van der Waals surface area (Å²) in [6, 6.07) is 6.79. The SMILES string of the molecule is CS(=O)(=O)OC[C@@H]1COCC[C@@H]1c1cccc(OS(C)(=O)=O)c1. The zero-order valence-corrected chi connectivity index (χ0v) is 14.6. The van der Waals surface area contributed by atoms with Crippen LogP contribution in [0.1, 0.15) is 17.9 Å². The summed E-state index contributed by atoms with van der Waals surface area (Å²) < 4.78 is 60.0. The topological polar surface area (TPSA) is 96.0 Å². The molecule has 1 aromatic rings. The van der Waals surface area contributed by atoms with E-state index in [4.69, 9.17) is 13.1 Å². The Morgan fingerprint density at radius 1 is 1.17 bits per heavy atom. The van der Waals surface area contributed by atoms with Crippen LogP contribution in [-0.2, 0) is 29.2 Å². The molecule has 2 atom stereocenters. The monoisotopic (exact) mass is 364 g/mol. The number of ether oxygens (including phenoxy) is 1. The average molecular weight is 364 g/mol. The van der Waals surface area contributed by atoms with E-state index < -0.39 is 20.2 Å². The summed E-state index contributed by atoms with van der Waals surface area (Å²) in [4.78, 5) is 0. The molecule has 0 saturated carbocycles. The highest BCUT2D eigenvalue weighted by Crippen LogP contribution is 2.34. The Hall–Kier alpha value is -1.16. The second kappa shape index (κ2) is 7.16. The van der Waals surface area contributed by atoms with Gasteiger partial charge in [-0.2, -0.15) is 16.8 Å². The van der Waals surface area contributed by atoms with Gasteiger partial charge in [-0.3, -0.25) is 4.18 Å². The van der Waals surface area contributed by atoms with Crippen LogP contribution in [0.5, 0.6) is 5.75 Å². The third-order valence-electron chi connectivity index (χ3n) is 3.50.